The fraction of sp³-hybridized carbons (Fsp3) is 0.583. The molecule has 0 amide bonds. The molecule has 3 aliphatic carbocycles. The molecule has 4 aliphatic rings. The van der Waals surface area contributed by atoms with Crippen LogP contribution in [0.3, 0.4) is 0 Å². The van der Waals surface area contributed by atoms with Crippen molar-refractivity contribution in [3.63, 3.8) is 0 Å². The van der Waals surface area contributed by atoms with Crippen LogP contribution in [0.1, 0.15) is 72.3 Å². The number of allylic oxidation sites excluding steroid dienone is 2. The van der Waals surface area contributed by atoms with Crippen LogP contribution < -0.4 is 5.32 Å². The number of hydrogen-bond donors (Lipinski definition) is 1. The van der Waals surface area contributed by atoms with Crippen LogP contribution in [0.4, 0.5) is 5.69 Å². The molecule has 1 aromatic rings. The summed E-state index contributed by atoms with van der Waals surface area (Å²) < 4.78 is 0. The molecule has 1 aliphatic heterocycles. The Bertz CT molecular complexity index is 837. The van der Waals surface area contributed by atoms with Crippen molar-refractivity contribution in [1.29, 1.82) is 0 Å². The molecule has 1 N–H and O–H groups in total. The van der Waals surface area contributed by atoms with Crippen molar-refractivity contribution >= 4 is 11.3 Å². The Morgan fingerprint density at radius 2 is 1.60 bits per heavy atom. The summed E-state index contributed by atoms with van der Waals surface area (Å²) in [4.78, 5) is 0. The normalized spacial score (nSPS) is 36.8. The molecule has 2 atom stereocenters. The van der Waals surface area contributed by atoms with Crippen molar-refractivity contribution in [3.8, 4) is 0 Å². The minimum Gasteiger partial charge on any atom is -0.375 e. The smallest absolute Gasteiger partial charge is 0.0644 e. The van der Waals surface area contributed by atoms with Gasteiger partial charge in [-0.1, -0.05) is 58.9 Å². The Hall–Kier alpha value is -1.50. The van der Waals surface area contributed by atoms with Gasteiger partial charge in [-0.25, -0.2) is 0 Å². The highest BCUT2D eigenvalue weighted by molar-refractivity contribution is 5.88. The highest BCUT2D eigenvalue weighted by Crippen LogP contribution is 2.65. The molecule has 1 spiro atoms. The van der Waals surface area contributed by atoms with Gasteiger partial charge in [-0.15, -0.1) is 0 Å². The number of hydrogen-bond acceptors (Lipinski definition) is 1. The van der Waals surface area contributed by atoms with Crippen molar-refractivity contribution in [2.45, 2.75) is 72.3 Å². The van der Waals surface area contributed by atoms with Crippen LogP contribution in [-0.4, -0.2) is 5.54 Å². The molecule has 5 rings (SSSR count). The molecule has 132 valence electrons. The standard InChI is InChI=1S/C24H31N/c1-21(2)10-16-11-23(5)13-22(3,4)14-24(15-23)20(16)18(12-21)17-8-6-7-9-19(17)25-24/h6-9,11,25H,10,12-15H2,1-5H3/t23-,24+/m0/s1. The Kier molecular flexibility index (Phi) is 2.78. The highest BCUT2D eigenvalue weighted by Gasteiger charge is 2.57. The van der Waals surface area contributed by atoms with E-state index >= 15 is 0 Å². The molecular weight excluding hydrogens is 302 g/mol. The van der Waals surface area contributed by atoms with Crippen LogP contribution >= 0.6 is 0 Å². The summed E-state index contributed by atoms with van der Waals surface area (Å²) in [6.07, 6.45) is 8.92. The van der Waals surface area contributed by atoms with E-state index in [-0.39, 0.29) is 5.54 Å². The van der Waals surface area contributed by atoms with Crippen LogP contribution in [-0.2, 0) is 0 Å². The van der Waals surface area contributed by atoms with Gasteiger partial charge in [-0.05, 0) is 71.1 Å². The Balaban J connectivity index is 1.83. The topological polar surface area (TPSA) is 12.0 Å². The predicted molar refractivity (Wildman–Crippen MR) is 107 cm³/mol. The predicted octanol–water partition coefficient (Wildman–Crippen LogP) is 6.58. The Morgan fingerprint density at radius 3 is 2.40 bits per heavy atom. The van der Waals surface area contributed by atoms with Crippen LogP contribution in [0, 0.1) is 16.2 Å². The molecule has 1 saturated carbocycles. The summed E-state index contributed by atoms with van der Waals surface area (Å²) >= 11 is 0. The number of rotatable bonds is 0. The van der Waals surface area contributed by atoms with Crippen LogP contribution in [0.15, 0.2) is 41.5 Å². The first-order valence-electron chi connectivity index (χ1n) is 9.94. The third kappa shape index (κ3) is 2.20. The van der Waals surface area contributed by atoms with Crippen molar-refractivity contribution in [2.75, 3.05) is 5.32 Å². The van der Waals surface area contributed by atoms with Gasteiger partial charge in [0.2, 0.25) is 0 Å². The number of benzene rings is 1. The average molecular weight is 334 g/mol. The largest absolute Gasteiger partial charge is 0.375 e. The molecule has 25 heavy (non-hydrogen) atoms. The monoisotopic (exact) mass is 333 g/mol. The maximum atomic E-state index is 4.08. The van der Waals surface area contributed by atoms with Gasteiger partial charge >= 0.3 is 0 Å². The summed E-state index contributed by atoms with van der Waals surface area (Å²) in [5, 5.41) is 4.08. The Labute approximate surface area is 152 Å². The molecule has 1 nitrogen and oxygen atoms in total. The van der Waals surface area contributed by atoms with Gasteiger partial charge in [0.05, 0.1) is 5.54 Å². The van der Waals surface area contributed by atoms with E-state index in [0.717, 1.165) is 0 Å². The van der Waals surface area contributed by atoms with Crippen molar-refractivity contribution in [1.82, 2.24) is 0 Å². The lowest BCUT2D eigenvalue weighted by Gasteiger charge is -2.61. The molecule has 1 aromatic carbocycles. The van der Waals surface area contributed by atoms with Crippen LogP contribution in [0.5, 0.6) is 0 Å². The first-order valence-corrected chi connectivity index (χ1v) is 9.94. The van der Waals surface area contributed by atoms with Gasteiger partial charge in [0, 0.05) is 11.3 Å². The lowest BCUT2D eigenvalue weighted by atomic mass is 9.48. The lowest BCUT2D eigenvalue weighted by Crippen LogP contribution is -2.57. The fourth-order valence-corrected chi connectivity index (χ4v) is 7.13. The van der Waals surface area contributed by atoms with E-state index in [1.807, 2.05) is 0 Å². The number of anilines is 1. The maximum absolute atomic E-state index is 4.08. The second-order valence-corrected chi connectivity index (χ2v) is 11.1. The van der Waals surface area contributed by atoms with Gasteiger partial charge in [0.15, 0.2) is 0 Å². The second kappa shape index (κ2) is 4.42. The summed E-state index contributed by atoms with van der Waals surface area (Å²) in [5.41, 5.74) is 8.96. The fourth-order valence-electron chi connectivity index (χ4n) is 7.13. The second-order valence-electron chi connectivity index (χ2n) is 11.1. The van der Waals surface area contributed by atoms with E-state index in [0.29, 0.717) is 16.2 Å². The van der Waals surface area contributed by atoms with E-state index < -0.39 is 0 Å². The number of para-hydroxylation sites is 1. The molecule has 1 heterocycles. The first-order chi connectivity index (χ1) is 11.6. The summed E-state index contributed by atoms with van der Waals surface area (Å²) in [6, 6.07) is 9.02. The molecule has 0 aromatic heterocycles. The molecule has 1 fully saturated rings. The quantitative estimate of drug-likeness (QED) is 0.565. The molecule has 0 saturated heterocycles. The van der Waals surface area contributed by atoms with Gasteiger partial charge in [0.1, 0.15) is 0 Å². The molecule has 1 heteroatoms. The maximum Gasteiger partial charge on any atom is 0.0644 e. The third-order valence-corrected chi connectivity index (χ3v) is 6.94. The molecule has 0 unspecified atom stereocenters. The lowest BCUT2D eigenvalue weighted by molar-refractivity contribution is 0.0837. The third-order valence-electron chi connectivity index (χ3n) is 6.94. The van der Waals surface area contributed by atoms with Gasteiger partial charge in [-0.3, -0.25) is 0 Å². The minimum atomic E-state index is 0.140. The highest BCUT2D eigenvalue weighted by atomic mass is 15.0. The van der Waals surface area contributed by atoms with E-state index in [4.69, 9.17) is 0 Å². The first kappa shape index (κ1) is 15.7. The minimum absolute atomic E-state index is 0.140. The SMILES string of the molecule is CC1(C)CC2=C[C@@]3(C)CC(C)(C)C[C@]4(C3)Nc3ccccc3C(=C24)C1. The van der Waals surface area contributed by atoms with E-state index in [1.165, 1.54) is 43.4 Å². The van der Waals surface area contributed by atoms with Crippen molar-refractivity contribution < 1.29 is 0 Å². The summed E-state index contributed by atoms with van der Waals surface area (Å²) in [6.45, 7) is 12.3. The number of fused-ring (bicyclic) bond motifs is 3. The molecule has 0 radical (unpaired) electrons. The zero-order chi connectivity index (χ0) is 17.7. The molecular formula is C24H31N. The van der Waals surface area contributed by atoms with Crippen LogP contribution in [0.25, 0.3) is 5.57 Å². The average Bonchev–Trinajstić information content (AvgIpc) is 2.41. The Morgan fingerprint density at radius 1 is 0.840 bits per heavy atom. The van der Waals surface area contributed by atoms with E-state index in [9.17, 15) is 0 Å². The molecule has 2 bridgehead atoms. The van der Waals surface area contributed by atoms with Crippen molar-refractivity contribution in [2.24, 2.45) is 16.2 Å². The van der Waals surface area contributed by atoms with Gasteiger partial charge in [-0.2, -0.15) is 0 Å². The summed E-state index contributed by atoms with van der Waals surface area (Å²) in [5.74, 6) is 0. The van der Waals surface area contributed by atoms with E-state index in [2.05, 4.69) is 70.3 Å². The van der Waals surface area contributed by atoms with Gasteiger partial charge in [0.25, 0.3) is 0 Å². The zero-order valence-electron chi connectivity index (χ0n) is 16.4. The van der Waals surface area contributed by atoms with Gasteiger partial charge < -0.3 is 5.32 Å². The van der Waals surface area contributed by atoms with Crippen LogP contribution in [0.2, 0.25) is 0 Å². The summed E-state index contributed by atoms with van der Waals surface area (Å²) in [7, 11) is 0. The van der Waals surface area contributed by atoms with Crippen molar-refractivity contribution in [3.05, 3.63) is 47.1 Å². The van der Waals surface area contributed by atoms with E-state index in [1.54, 1.807) is 16.7 Å². The zero-order valence-corrected chi connectivity index (χ0v) is 16.4. The number of nitrogens with one attached hydrogen (secondary N) is 1.